The summed E-state index contributed by atoms with van der Waals surface area (Å²) in [5.74, 6) is 1.11. The number of hydrogen-bond donors (Lipinski definition) is 0. The summed E-state index contributed by atoms with van der Waals surface area (Å²) in [5, 5.41) is 0. The zero-order chi connectivity index (χ0) is 11.9. The number of imidazole rings is 1. The summed E-state index contributed by atoms with van der Waals surface area (Å²) in [4.78, 5) is 4.42. The molecule has 0 aliphatic rings. The zero-order valence-corrected chi connectivity index (χ0v) is 10.8. The van der Waals surface area contributed by atoms with Gasteiger partial charge in [-0.15, -0.1) is 0 Å². The molecule has 0 bridgehead atoms. The van der Waals surface area contributed by atoms with E-state index in [1.165, 1.54) is 16.8 Å². The monoisotopic (exact) mass is 216 g/mol. The molecule has 0 spiro atoms. The predicted octanol–water partition coefficient (Wildman–Crippen LogP) is 3.89. The van der Waals surface area contributed by atoms with Gasteiger partial charge in [0.25, 0.3) is 0 Å². The number of rotatable bonds is 2. The van der Waals surface area contributed by atoms with Gasteiger partial charge in [-0.3, -0.25) is 0 Å². The minimum absolute atomic E-state index is 0.555. The van der Waals surface area contributed by atoms with Crippen molar-refractivity contribution >= 4 is 5.65 Å². The molecule has 0 atom stereocenters. The van der Waals surface area contributed by atoms with Gasteiger partial charge in [0.05, 0.1) is 0 Å². The van der Waals surface area contributed by atoms with Crippen molar-refractivity contribution in [2.24, 2.45) is 0 Å². The van der Waals surface area contributed by atoms with Gasteiger partial charge < -0.3 is 4.40 Å². The van der Waals surface area contributed by atoms with E-state index in [2.05, 4.69) is 56.3 Å². The number of pyridine rings is 1. The third-order valence-electron chi connectivity index (χ3n) is 3.14. The molecule has 86 valence electrons. The molecule has 2 heteroatoms. The van der Waals surface area contributed by atoms with Crippen molar-refractivity contribution < 1.29 is 0 Å². The van der Waals surface area contributed by atoms with Gasteiger partial charge in [0, 0.05) is 18.1 Å². The van der Waals surface area contributed by atoms with Crippen LogP contribution < -0.4 is 0 Å². The molecule has 0 radical (unpaired) electrons. The minimum Gasteiger partial charge on any atom is -0.304 e. The quantitative estimate of drug-likeness (QED) is 0.744. The molecule has 2 heterocycles. The third kappa shape index (κ3) is 1.73. The number of nitrogens with zero attached hydrogens (tertiary/aromatic N) is 2. The molecular weight excluding hydrogens is 196 g/mol. The summed E-state index contributed by atoms with van der Waals surface area (Å²) >= 11 is 0. The lowest BCUT2D eigenvalue weighted by Crippen LogP contribution is -2.02. The Balaban J connectivity index is 2.73. The van der Waals surface area contributed by atoms with E-state index in [-0.39, 0.29) is 0 Å². The summed E-state index contributed by atoms with van der Waals surface area (Å²) in [6.45, 7) is 11.1. The second kappa shape index (κ2) is 3.93. The molecule has 2 nitrogen and oxygen atoms in total. The van der Waals surface area contributed by atoms with Gasteiger partial charge in [-0.05, 0) is 36.0 Å². The Hall–Kier alpha value is -1.31. The molecule has 16 heavy (non-hydrogen) atoms. The first-order valence-corrected chi connectivity index (χ1v) is 5.98. The molecule has 2 rings (SSSR count). The summed E-state index contributed by atoms with van der Waals surface area (Å²) in [5.41, 5.74) is 5.12. The first-order valence-electron chi connectivity index (χ1n) is 5.98. The van der Waals surface area contributed by atoms with Crippen LogP contribution in [0.1, 0.15) is 56.4 Å². The van der Waals surface area contributed by atoms with Crippen molar-refractivity contribution in [1.82, 2.24) is 9.38 Å². The largest absolute Gasteiger partial charge is 0.304 e. The van der Waals surface area contributed by atoms with Gasteiger partial charge in [0.2, 0.25) is 0 Å². The number of fused-ring (bicyclic) bond motifs is 1. The van der Waals surface area contributed by atoms with Gasteiger partial charge >= 0.3 is 0 Å². The third-order valence-corrected chi connectivity index (χ3v) is 3.14. The highest BCUT2D eigenvalue weighted by Gasteiger charge is 2.12. The van der Waals surface area contributed by atoms with Crippen LogP contribution in [0.25, 0.3) is 5.65 Å². The number of aromatic nitrogens is 2. The van der Waals surface area contributed by atoms with Crippen LogP contribution in [0.5, 0.6) is 0 Å². The van der Waals surface area contributed by atoms with E-state index in [4.69, 9.17) is 0 Å². The lowest BCUT2D eigenvalue weighted by Gasteiger charge is -2.16. The van der Waals surface area contributed by atoms with Crippen LogP contribution in [0.2, 0.25) is 0 Å². The number of hydrogen-bond acceptors (Lipinski definition) is 1. The minimum atomic E-state index is 0.555. The molecule has 0 unspecified atom stereocenters. The average molecular weight is 216 g/mol. The van der Waals surface area contributed by atoms with E-state index >= 15 is 0 Å². The van der Waals surface area contributed by atoms with Crippen LogP contribution in [0.15, 0.2) is 18.5 Å². The second-order valence-corrected chi connectivity index (χ2v) is 5.12. The van der Waals surface area contributed by atoms with Crippen LogP contribution in [0.3, 0.4) is 0 Å². The first-order chi connectivity index (χ1) is 7.50. The molecule has 0 fully saturated rings. The standard InChI is InChI=1S/C14H20N2/c1-9(2)12-6-14-15-7-11(5)16(14)8-13(12)10(3)4/h6-10H,1-5H3. The summed E-state index contributed by atoms with van der Waals surface area (Å²) in [6, 6.07) is 2.23. The highest BCUT2D eigenvalue weighted by atomic mass is 15.0. The lowest BCUT2D eigenvalue weighted by atomic mass is 9.92. The average Bonchev–Trinajstić information content (AvgIpc) is 2.58. The molecule has 0 saturated carbocycles. The smallest absolute Gasteiger partial charge is 0.137 e. The highest BCUT2D eigenvalue weighted by molar-refractivity contribution is 5.48. The van der Waals surface area contributed by atoms with Crippen molar-refractivity contribution in [2.45, 2.75) is 46.5 Å². The molecular formula is C14H20N2. The van der Waals surface area contributed by atoms with Crippen LogP contribution in [-0.4, -0.2) is 9.38 Å². The summed E-state index contributed by atoms with van der Waals surface area (Å²) in [6.07, 6.45) is 4.18. The Labute approximate surface area is 97.3 Å². The van der Waals surface area contributed by atoms with Crippen molar-refractivity contribution in [1.29, 1.82) is 0 Å². The van der Waals surface area contributed by atoms with Crippen molar-refractivity contribution in [3.63, 3.8) is 0 Å². The van der Waals surface area contributed by atoms with E-state index in [1.807, 2.05) is 6.20 Å². The summed E-state index contributed by atoms with van der Waals surface area (Å²) in [7, 11) is 0. The van der Waals surface area contributed by atoms with Gasteiger partial charge in [-0.2, -0.15) is 0 Å². The molecule has 0 aliphatic heterocycles. The van der Waals surface area contributed by atoms with Crippen LogP contribution >= 0.6 is 0 Å². The maximum absolute atomic E-state index is 4.42. The molecule has 2 aromatic rings. The normalized spacial score (nSPS) is 11.9. The van der Waals surface area contributed by atoms with Crippen molar-refractivity contribution in [3.8, 4) is 0 Å². The van der Waals surface area contributed by atoms with Crippen LogP contribution in [0.4, 0.5) is 0 Å². The summed E-state index contributed by atoms with van der Waals surface area (Å²) < 4.78 is 2.18. The maximum atomic E-state index is 4.42. The number of aryl methyl sites for hydroxylation is 1. The fraction of sp³-hybridized carbons (Fsp3) is 0.500. The predicted molar refractivity (Wildman–Crippen MR) is 68.1 cm³/mol. The fourth-order valence-electron chi connectivity index (χ4n) is 2.16. The van der Waals surface area contributed by atoms with E-state index in [9.17, 15) is 0 Å². The first kappa shape index (κ1) is 11.2. The molecule has 0 aromatic carbocycles. The van der Waals surface area contributed by atoms with Crippen molar-refractivity contribution in [2.75, 3.05) is 0 Å². The fourth-order valence-corrected chi connectivity index (χ4v) is 2.16. The Morgan fingerprint density at radius 3 is 2.25 bits per heavy atom. The molecule has 2 aromatic heterocycles. The zero-order valence-electron chi connectivity index (χ0n) is 10.8. The molecule has 0 saturated heterocycles. The van der Waals surface area contributed by atoms with Gasteiger partial charge in [0.15, 0.2) is 0 Å². The van der Waals surface area contributed by atoms with E-state index in [0.29, 0.717) is 11.8 Å². The van der Waals surface area contributed by atoms with Crippen molar-refractivity contribution in [3.05, 3.63) is 35.3 Å². The van der Waals surface area contributed by atoms with Crippen LogP contribution in [0, 0.1) is 6.92 Å². The maximum Gasteiger partial charge on any atom is 0.137 e. The van der Waals surface area contributed by atoms with Crippen LogP contribution in [-0.2, 0) is 0 Å². The molecule has 0 aliphatic carbocycles. The Morgan fingerprint density at radius 2 is 1.69 bits per heavy atom. The van der Waals surface area contributed by atoms with E-state index < -0.39 is 0 Å². The topological polar surface area (TPSA) is 17.3 Å². The SMILES string of the molecule is Cc1cnc2cc(C(C)C)c(C(C)C)cn12. The van der Waals surface area contributed by atoms with Gasteiger partial charge in [0.1, 0.15) is 5.65 Å². The van der Waals surface area contributed by atoms with Gasteiger partial charge in [-0.25, -0.2) is 4.98 Å². The molecule has 0 N–H and O–H groups in total. The second-order valence-electron chi connectivity index (χ2n) is 5.12. The van der Waals surface area contributed by atoms with E-state index in [1.54, 1.807) is 0 Å². The Kier molecular flexibility index (Phi) is 2.75. The van der Waals surface area contributed by atoms with E-state index in [0.717, 1.165) is 5.65 Å². The lowest BCUT2D eigenvalue weighted by molar-refractivity contribution is 0.779. The van der Waals surface area contributed by atoms with Gasteiger partial charge in [-0.1, -0.05) is 27.7 Å². The Bertz CT molecular complexity index is 507. The Morgan fingerprint density at radius 1 is 1.06 bits per heavy atom. The molecule has 0 amide bonds. The highest BCUT2D eigenvalue weighted by Crippen LogP contribution is 2.27.